The lowest BCUT2D eigenvalue weighted by molar-refractivity contribution is 0.305. The first-order valence-electron chi connectivity index (χ1n) is 12.4. The molecule has 0 saturated heterocycles. The third-order valence-corrected chi connectivity index (χ3v) is 6.63. The van der Waals surface area contributed by atoms with Gasteiger partial charge in [-0.05, 0) is 53.1 Å². The topological polar surface area (TPSA) is 92.4 Å². The lowest BCUT2D eigenvalue weighted by atomic mass is 10.0. The molecule has 7 nitrogen and oxygen atoms in total. The molecule has 0 unspecified atom stereocenters. The average Bonchev–Trinajstić information content (AvgIpc) is 3.60. The molecule has 0 aliphatic rings. The fourth-order valence-electron chi connectivity index (χ4n) is 4.72. The zero-order chi connectivity index (χ0) is 26.2. The van der Waals surface area contributed by atoms with Crippen molar-refractivity contribution in [2.45, 2.75) is 6.61 Å². The van der Waals surface area contributed by atoms with Crippen molar-refractivity contribution in [2.75, 3.05) is 0 Å². The van der Waals surface area contributed by atoms with Crippen LogP contribution in [0.1, 0.15) is 5.56 Å². The number of rotatable bonds is 6. The molecule has 39 heavy (non-hydrogen) atoms. The van der Waals surface area contributed by atoms with Crippen LogP contribution in [0, 0.1) is 5.82 Å². The Morgan fingerprint density at radius 3 is 2.62 bits per heavy atom. The van der Waals surface area contributed by atoms with Crippen molar-refractivity contribution < 1.29 is 9.13 Å². The molecule has 0 fully saturated rings. The van der Waals surface area contributed by atoms with E-state index >= 15 is 0 Å². The molecular formula is C31H21FN6O. The molecule has 0 atom stereocenters. The lowest BCUT2D eigenvalue weighted by Crippen LogP contribution is -1.96. The van der Waals surface area contributed by atoms with E-state index in [0.717, 1.165) is 55.6 Å². The molecule has 5 heterocycles. The Morgan fingerprint density at radius 2 is 1.72 bits per heavy atom. The smallest absolute Gasteiger partial charge is 0.138 e. The first-order valence-corrected chi connectivity index (χ1v) is 12.4. The van der Waals surface area contributed by atoms with Crippen LogP contribution in [0.4, 0.5) is 4.39 Å². The minimum Gasteiger partial charge on any atom is -0.487 e. The number of fused-ring (bicyclic) bond motifs is 2. The van der Waals surface area contributed by atoms with Gasteiger partial charge in [0.15, 0.2) is 0 Å². The van der Waals surface area contributed by atoms with E-state index in [1.807, 2.05) is 60.7 Å². The molecule has 188 valence electrons. The van der Waals surface area contributed by atoms with Gasteiger partial charge < -0.3 is 9.72 Å². The van der Waals surface area contributed by atoms with Gasteiger partial charge in [0.05, 0.1) is 29.3 Å². The van der Waals surface area contributed by atoms with E-state index < -0.39 is 0 Å². The van der Waals surface area contributed by atoms with Gasteiger partial charge in [0, 0.05) is 28.7 Å². The molecule has 0 saturated carbocycles. The van der Waals surface area contributed by atoms with Crippen molar-refractivity contribution in [2.24, 2.45) is 0 Å². The Labute approximate surface area is 222 Å². The minimum atomic E-state index is -0.282. The van der Waals surface area contributed by atoms with Gasteiger partial charge in [-0.2, -0.15) is 5.10 Å². The van der Waals surface area contributed by atoms with Gasteiger partial charge in [0.2, 0.25) is 0 Å². The standard InChI is InChI=1S/C31H21FN6O/c32-22-8-4-7-20(11-22)24-9-10-34-31-25(24)13-28(36-31)30-26-14-27(35-17-29(26)37-38-30)21-12-23(16-33-15-21)39-18-19-5-2-1-3-6-19/h1-17H,18H2,(H,34,36)(H,37,38). The number of nitrogens with zero attached hydrogens (tertiary/aromatic N) is 4. The molecule has 0 spiro atoms. The summed E-state index contributed by atoms with van der Waals surface area (Å²) in [7, 11) is 0. The second-order valence-corrected chi connectivity index (χ2v) is 9.19. The maximum absolute atomic E-state index is 13.9. The maximum atomic E-state index is 13.9. The van der Waals surface area contributed by atoms with Crippen molar-refractivity contribution in [3.05, 3.63) is 115 Å². The molecule has 7 aromatic rings. The molecule has 8 heteroatoms. The minimum absolute atomic E-state index is 0.282. The predicted octanol–water partition coefficient (Wildman–Crippen LogP) is 6.95. The third-order valence-electron chi connectivity index (χ3n) is 6.63. The molecule has 0 amide bonds. The third kappa shape index (κ3) is 4.38. The van der Waals surface area contributed by atoms with E-state index in [0.29, 0.717) is 18.0 Å². The number of nitrogens with one attached hydrogen (secondary N) is 2. The number of ether oxygens (including phenoxy) is 1. The van der Waals surface area contributed by atoms with Gasteiger partial charge in [0.25, 0.3) is 0 Å². The zero-order valence-corrected chi connectivity index (χ0v) is 20.6. The summed E-state index contributed by atoms with van der Waals surface area (Å²) in [5.41, 5.74) is 7.37. The number of pyridine rings is 3. The van der Waals surface area contributed by atoms with E-state index in [1.54, 1.807) is 30.9 Å². The van der Waals surface area contributed by atoms with Crippen molar-refractivity contribution in [3.8, 4) is 39.5 Å². The van der Waals surface area contributed by atoms with Crippen LogP contribution in [0.15, 0.2) is 104 Å². The SMILES string of the molecule is Fc1cccc(-c2ccnc3[nH]c(-c4n[nH]c5cnc(-c6cncc(OCc7ccccc7)c6)cc45)cc23)c1. The predicted molar refractivity (Wildman–Crippen MR) is 148 cm³/mol. The normalized spacial score (nSPS) is 11.3. The van der Waals surface area contributed by atoms with Gasteiger partial charge >= 0.3 is 0 Å². The Morgan fingerprint density at radius 1 is 0.795 bits per heavy atom. The fraction of sp³-hybridized carbons (Fsp3) is 0.0323. The number of hydrogen-bond acceptors (Lipinski definition) is 5. The number of aromatic nitrogens is 6. The van der Waals surface area contributed by atoms with Gasteiger partial charge in [-0.15, -0.1) is 0 Å². The van der Waals surface area contributed by atoms with Crippen LogP contribution < -0.4 is 4.74 Å². The van der Waals surface area contributed by atoms with Crippen molar-refractivity contribution in [1.82, 2.24) is 30.1 Å². The highest BCUT2D eigenvalue weighted by Gasteiger charge is 2.16. The number of benzene rings is 2. The molecule has 7 rings (SSSR count). The molecule has 0 aliphatic carbocycles. The highest BCUT2D eigenvalue weighted by molar-refractivity contribution is 6.00. The van der Waals surface area contributed by atoms with E-state index in [1.165, 1.54) is 12.1 Å². The first-order chi connectivity index (χ1) is 19.2. The summed E-state index contributed by atoms with van der Waals surface area (Å²) in [4.78, 5) is 16.9. The van der Waals surface area contributed by atoms with E-state index in [-0.39, 0.29) is 5.82 Å². The number of hydrogen-bond donors (Lipinski definition) is 2. The lowest BCUT2D eigenvalue weighted by Gasteiger charge is -2.08. The Kier molecular flexibility index (Phi) is 5.55. The number of H-pyrrole nitrogens is 2. The zero-order valence-electron chi connectivity index (χ0n) is 20.6. The molecule has 0 bridgehead atoms. The summed E-state index contributed by atoms with van der Waals surface area (Å²) in [5.74, 6) is 0.382. The highest BCUT2D eigenvalue weighted by Crippen LogP contribution is 2.34. The van der Waals surface area contributed by atoms with Crippen LogP contribution in [0.3, 0.4) is 0 Å². The fourth-order valence-corrected chi connectivity index (χ4v) is 4.72. The molecule has 2 aromatic carbocycles. The van der Waals surface area contributed by atoms with Gasteiger partial charge in [0.1, 0.15) is 29.5 Å². The monoisotopic (exact) mass is 512 g/mol. The molecular weight excluding hydrogens is 491 g/mol. The second-order valence-electron chi connectivity index (χ2n) is 9.19. The van der Waals surface area contributed by atoms with Crippen LogP contribution in [0.2, 0.25) is 0 Å². The van der Waals surface area contributed by atoms with Crippen LogP contribution in [0.25, 0.3) is 55.7 Å². The summed E-state index contributed by atoms with van der Waals surface area (Å²) in [6.07, 6.45) is 6.94. The van der Waals surface area contributed by atoms with Crippen molar-refractivity contribution >= 4 is 21.9 Å². The van der Waals surface area contributed by atoms with E-state index in [4.69, 9.17) is 4.74 Å². The summed E-state index contributed by atoms with van der Waals surface area (Å²) >= 11 is 0. The summed E-state index contributed by atoms with van der Waals surface area (Å²) in [6.45, 7) is 0.455. The van der Waals surface area contributed by atoms with Gasteiger partial charge in [-0.25, -0.2) is 9.37 Å². The van der Waals surface area contributed by atoms with Crippen molar-refractivity contribution in [1.29, 1.82) is 0 Å². The van der Waals surface area contributed by atoms with Crippen LogP contribution in [-0.2, 0) is 6.61 Å². The number of halogens is 1. The number of aromatic amines is 2. The molecule has 0 radical (unpaired) electrons. The quantitative estimate of drug-likeness (QED) is 0.252. The Bertz CT molecular complexity index is 1950. The van der Waals surface area contributed by atoms with Crippen LogP contribution in [0.5, 0.6) is 5.75 Å². The highest BCUT2D eigenvalue weighted by atomic mass is 19.1. The summed E-state index contributed by atoms with van der Waals surface area (Å²) in [6, 6.07) is 24.4. The van der Waals surface area contributed by atoms with Gasteiger partial charge in [-0.3, -0.25) is 15.1 Å². The Balaban J connectivity index is 1.24. The van der Waals surface area contributed by atoms with Crippen LogP contribution in [-0.4, -0.2) is 30.1 Å². The second kappa shape index (κ2) is 9.50. The van der Waals surface area contributed by atoms with Crippen molar-refractivity contribution in [3.63, 3.8) is 0 Å². The van der Waals surface area contributed by atoms with Gasteiger partial charge in [-0.1, -0.05) is 42.5 Å². The average molecular weight is 513 g/mol. The van der Waals surface area contributed by atoms with Crippen LogP contribution >= 0.6 is 0 Å². The first kappa shape index (κ1) is 22.8. The molecule has 0 aliphatic heterocycles. The largest absolute Gasteiger partial charge is 0.487 e. The molecule has 5 aromatic heterocycles. The summed E-state index contributed by atoms with van der Waals surface area (Å²) in [5, 5.41) is 9.42. The molecule has 2 N–H and O–H groups in total. The maximum Gasteiger partial charge on any atom is 0.138 e. The Hall–Kier alpha value is -5.37. The van der Waals surface area contributed by atoms with E-state index in [2.05, 4.69) is 30.1 Å². The summed E-state index contributed by atoms with van der Waals surface area (Å²) < 4.78 is 19.9. The van der Waals surface area contributed by atoms with E-state index in [9.17, 15) is 4.39 Å².